The summed E-state index contributed by atoms with van der Waals surface area (Å²) in [6.07, 6.45) is 0. The van der Waals surface area contributed by atoms with E-state index in [0.717, 1.165) is 15.9 Å². The third kappa shape index (κ3) is 5.09. The molecule has 138 valence electrons. The van der Waals surface area contributed by atoms with Crippen molar-refractivity contribution in [2.75, 3.05) is 13.6 Å². The molecule has 3 N–H and O–H groups in total. The lowest BCUT2D eigenvalue weighted by atomic mass is 10.1. The number of carbonyl (C=O) groups excluding carboxylic acids is 3. The molecule has 0 aliphatic heterocycles. The Balaban J connectivity index is 2.03. The van der Waals surface area contributed by atoms with Gasteiger partial charge in [0.1, 0.15) is 6.04 Å². The second kappa shape index (κ2) is 8.86. The van der Waals surface area contributed by atoms with Crippen molar-refractivity contribution in [3.8, 4) is 0 Å². The zero-order valence-electron chi connectivity index (χ0n) is 13.4. The van der Waals surface area contributed by atoms with Crippen LogP contribution < -0.4 is 16.0 Å². The number of hydrogen-bond acceptors (Lipinski definition) is 4. The van der Waals surface area contributed by atoms with E-state index in [2.05, 4.69) is 31.9 Å². The van der Waals surface area contributed by atoms with Crippen molar-refractivity contribution in [2.45, 2.75) is 6.04 Å². The van der Waals surface area contributed by atoms with E-state index in [-0.39, 0.29) is 12.1 Å². The molecule has 1 unspecified atom stereocenters. The summed E-state index contributed by atoms with van der Waals surface area (Å²) in [5, 5.41) is 7.14. The number of amides is 3. The van der Waals surface area contributed by atoms with Crippen LogP contribution in [0.5, 0.6) is 0 Å². The molecular formula is C16H14BrF2N3O3S. The summed E-state index contributed by atoms with van der Waals surface area (Å²) < 4.78 is 27.2. The highest BCUT2D eigenvalue weighted by molar-refractivity contribution is 9.11. The molecule has 6 nitrogen and oxygen atoms in total. The molecule has 1 heterocycles. The van der Waals surface area contributed by atoms with Gasteiger partial charge in [0.05, 0.1) is 15.2 Å². The summed E-state index contributed by atoms with van der Waals surface area (Å²) in [5.41, 5.74) is 0.0742. The van der Waals surface area contributed by atoms with E-state index in [1.807, 2.05) is 0 Å². The highest BCUT2D eigenvalue weighted by Crippen LogP contribution is 2.21. The van der Waals surface area contributed by atoms with Gasteiger partial charge in [0, 0.05) is 7.05 Å². The zero-order valence-corrected chi connectivity index (χ0v) is 15.8. The lowest BCUT2D eigenvalue weighted by Crippen LogP contribution is -2.43. The third-order valence-electron chi connectivity index (χ3n) is 3.30. The summed E-state index contributed by atoms with van der Waals surface area (Å²) in [5.74, 6) is -3.92. The molecule has 1 atom stereocenters. The molecule has 3 amide bonds. The Morgan fingerprint density at radius 1 is 1.15 bits per heavy atom. The largest absolute Gasteiger partial charge is 0.357 e. The molecule has 0 aliphatic carbocycles. The maximum atomic E-state index is 13.4. The van der Waals surface area contributed by atoms with E-state index < -0.39 is 35.4 Å². The highest BCUT2D eigenvalue weighted by Gasteiger charge is 2.23. The minimum Gasteiger partial charge on any atom is -0.357 e. The van der Waals surface area contributed by atoms with Crippen LogP contribution in [0.1, 0.15) is 21.3 Å². The molecule has 0 saturated carbocycles. The smallest absolute Gasteiger partial charge is 0.261 e. The van der Waals surface area contributed by atoms with Crippen LogP contribution in [0.3, 0.4) is 0 Å². The molecular weight excluding hydrogens is 432 g/mol. The number of halogens is 3. The molecule has 26 heavy (non-hydrogen) atoms. The Morgan fingerprint density at radius 3 is 2.46 bits per heavy atom. The molecule has 10 heteroatoms. The number of likely N-dealkylation sites (N-methyl/N-ethyl adjacent to an activating group) is 1. The second-order valence-electron chi connectivity index (χ2n) is 5.07. The summed E-state index contributed by atoms with van der Waals surface area (Å²) in [7, 11) is 1.35. The lowest BCUT2D eigenvalue weighted by molar-refractivity contribution is -0.128. The van der Waals surface area contributed by atoms with Gasteiger partial charge in [-0.05, 0) is 45.8 Å². The topological polar surface area (TPSA) is 87.3 Å². The Bertz CT molecular complexity index is 844. The highest BCUT2D eigenvalue weighted by atomic mass is 79.9. The Labute approximate surface area is 160 Å². The molecule has 2 aromatic rings. The van der Waals surface area contributed by atoms with Gasteiger partial charge in [-0.15, -0.1) is 11.3 Å². The van der Waals surface area contributed by atoms with Crippen LogP contribution >= 0.6 is 27.3 Å². The quantitative estimate of drug-likeness (QED) is 0.636. The van der Waals surface area contributed by atoms with Crippen molar-refractivity contribution in [2.24, 2.45) is 0 Å². The SMILES string of the molecule is CNC(=O)C(NC(=O)CNC(=O)c1ccc(Br)s1)c1ccc(F)c(F)c1. The molecule has 0 aliphatic rings. The van der Waals surface area contributed by atoms with Gasteiger partial charge in [0.15, 0.2) is 11.6 Å². The van der Waals surface area contributed by atoms with Crippen LogP contribution in [0.2, 0.25) is 0 Å². The van der Waals surface area contributed by atoms with Crippen molar-refractivity contribution in [3.63, 3.8) is 0 Å². The van der Waals surface area contributed by atoms with Gasteiger partial charge in [-0.25, -0.2) is 8.78 Å². The maximum absolute atomic E-state index is 13.4. The van der Waals surface area contributed by atoms with E-state index in [9.17, 15) is 23.2 Å². The van der Waals surface area contributed by atoms with E-state index in [1.54, 1.807) is 12.1 Å². The number of hydrogen-bond donors (Lipinski definition) is 3. The van der Waals surface area contributed by atoms with Crippen molar-refractivity contribution >= 4 is 45.0 Å². The fourth-order valence-electron chi connectivity index (χ4n) is 2.03. The first-order valence-corrected chi connectivity index (χ1v) is 8.92. The summed E-state index contributed by atoms with van der Waals surface area (Å²) in [4.78, 5) is 36.4. The van der Waals surface area contributed by atoms with E-state index >= 15 is 0 Å². The van der Waals surface area contributed by atoms with Crippen molar-refractivity contribution in [1.29, 1.82) is 0 Å². The van der Waals surface area contributed by atoms with E-state index in [4.69, 9.17) is 0 Å². The lowest BCUT2D eigenvalue weighted by Gasteiger charge is -2.18. The van der Waals surface area contributed by atoms with Crippen LogP contribution in [0, 0.1) is 11.6 Å². The summed E-state index contributed by atoms with van der Waals surface area (Å²) in [6, 6.07) is 4.96. The number of carbonyl (C=O) groups is 3. The fourth-order valence-corrected chi connectivity index (χ4v) is 3.34. The summed E-state index contributed by atoms with van der Waals surface area (Å²) >= 11 is 4.43. The number of nitrogens with one attached hydrogen (secondary N) is 3. The van der Waals surface area contributed by atoms with E-state index in [1.165, 1.54) is 24.5 Å². The standard InChI is InChI=1S/C16H14BrF2N3O3S/c1-20-16(25)14(8-2-3-9(18)10(19)6-8)22-13(23)7-21-15(24)11-4-5-12(17)26-11/h2-6,14H,7H2,1H3,(H,20,25)(H,21,24)(H,22,23). The van der Waals surface area contributed by atoms with Crippen molar-refractivity contribution in [3.05, 3.63) is 56.2 Å². The fraction of sp³-hybridized carbons (Fsp3) is 0.188. The summed E-state index contributed by atoms with van der Waals surface area (Å²) in [6.45, 7) is -0.383. The molecule has 0 bridgehead atoms. The van der Waals surface area contributed by atoms with Crippen LogP contribution in [-0.4, -0.2) is 31.3 Å². The monoisotopic (exact) mass is 445 g/mol. The van der Waals surface area contributed by atoms with Gasteiger partial charge >= 0.3 is 0 Å². The average Bonchev–Trinajstić information content (AvgIpc) is 3.06. The van der Waals surface area contributed by atoms with Crippen LogP contribution in [-0.2, 0) is 9.59 Å². The maximum Gasteiger partial charge on any atom is 0.261 e. The van der Waals surface area contributed by atoms with Crippen LogP contribution in [0.25, 0.3) is 0 Å². The molecule has 2 rings (SSSR count). The second-order valence-corrected chi connectivity index (χ2v) is 7.54. The number of rotatable bonds is 6. The molecule has 0 saturated heterocycles. The number of benzene rings is 1. The van der Waals surface area contributed by atoms with Gasteiger partial charge in [-0.1, -0.05) is 6.07 Å². The molecule has 0 radical (unpaired) electrons. The average molecular weight is 446 g/mol. The third-order valence-corrected chi connectivity index (χ3v) is 4.92. The molecule has 0 spiro atoms. The first-order valence-electron chi connectivity index (χ1n) is 7.31. The van der Waals surface area contributed by atoms with Gasteiger partial charge in [-0.3, -0.25) is 14.4 Å². The van der Waals surface area contributed by atoms with E-state index in [0.29, 0.717) is 4.88 Å². The Hall–Kier alpha value is -2.33. The Kier molecular flexibility index (Phi) is 6.81. The van der Waals surface area contributed by atoms with Gasteiger partial charge in [0.25, 0.3) is 5.91 Å². The zero-order chi connectivity index (χ0) is 19.3. The van der Waals surface area contributed by atoms with Crippen LogP contribution in [0.4, 0.5) is 8.78 Å². The predicted octanol–water partition coefficient (Wildman–Crippen LogP) is 2.12. The minimum absolute atomic E-state index is 0.0742. The Morgan fingerprint density at radius 2 is 1.88 bits per heavy atom. The van der Waals surface area contributed by atoms with Gasteiger partial charge < -0.3 is 16.0 Å². The normalized spacial score (nSPS) is 11.5. The van der Waals surface area contributed by atoms with Crippen LogP contribution in [0.15, 0.2) is 34.1 Å². The molecule has 1 aromatic carbocycles. The van der Waals surface area contributed by atoms with Crippen molar-refractivity contribution in [1.82, 2.24) is 16.0 Å². The number of thiophene rings is 1. The van der Waals surface area contributed by atoms with Gasteiger partial charge in [0.2, 0.25) is 11.8 Å². The molecule has 0 fully saturated rings. The predicted molar refractivity (Wildman–Crippen MR) is 95.7 cm³/mol. The first kappa shape index (κ1) is 20.0. The van der Waals surface area contributed by atoms with Crippen molar-refractivity contribution < 1.29 is 23.2 Å². The minimum atomic E-state index is -1.23. The molecule has 1 aromatic heterocycles. The first-order chi connectivity index (χ1) is 12.3. The van der Waals surface area contributed by atoms with Gasteiger partial charge in [-0.2, -0.15) is 0 Å².